The van der Waals surface area contributed by atoms with Crippen molar-refractivity contribution in [3.05, 3.63) is 54.4 Å². The van der Waals surface area contributed by atoms with E-state index in [1.54, 1.807) is 12.4 Å². The van der Waals surface area contributed by atoms with Crippen molar-refractivity contribution in [2.24, 2.45) is 0 Å². The number of hydrogen-bond donors (Lipinski definition) is 1. The molecule has 4 heteroatoms. The third-order valence-electron chi connectivity index (χ3n) is 4.71. The molecule has 1 aromatic carbocycles. The Bertz CT molecular complexity index is 662. The summed E-state index contributed by atoms with van der Waals surface area (Å²) in [6, 6.07) is 11.7. The largest absolute Gasteiger partial charge is 0.494 e. The molecule has 0 unspecified atom stereocenters. The third kappa shape index (κ3) is 3.42. The molecule has 0 aliphatic heterocycles. The lowest BCUT2D eigenvalue weighted by molar-refractivity contribution is -0.121. The number of nitrogens with one attached hydrogen (secondary N) is 1. The van der Waals surface area contributed by atoms with Crippen LogP contribution in [0.4, 0.5) is 5.69 Å². The second-order valence-electron chi connectivity index (χ2n) is 6.35. The molecule has 1 aliphatic rings. The van der Waals surface area contributed by atoms with E-state index in [1.165, 1.54) is 0 Å². The average molecular weight is 324 g/mol. The third-order valence-corrected chi connectivity index (χ3v) is 4.71. The van der Waals surface area contributed by atoms with Crippen LogP contribution in [0.25, 0.3) is 0 Å². The van der Waals surface area contributed by atoms with Crippen molar-refractivity contribution in [3.8, 4) is 5.75 Å². The van der Waals surface area contributed by atoms with Gasteiger partial charge in [-0.2, -0.15) is 0 Å². The Kier molecular flexibility index (Phi) is 5.14. The highest BCUT2D eigenvalue weighted by Gasteiger charge is 2.42. The van der Waals surface area contributed by atoms with Gasteiger partial charge in [0.25, 0.3) is 0 Å². The first-order valence-corrected chi connectivity index (χ1v) is 8.69. The van der Waals surface area contributed by atoms with Crippen molar-refractivity contribution in [1.82, 2.24) is 4.98 Å². The van der Waals surface area contributed by atoms with E-state index in [0.29, 0.717) is 6.61 Å². The Morgan fingerprint density at radius 2 is 1.79 bits per heavy atom. The van der Waals surface area contributed by atoms with Gasteiger partial charge in [-0.3, -0.25) is 9.78 Å². The van der Waals surface area contributed by atoms with Gasteiger partial charge >= 0.3 is 0 Å². The zero-order chi connectivity index (χ0) is 16.8. The van der Waals surface area contributed by atoms with Crippen LogP contribution in [0.15, 0.2) is 48.8 Å². The number of pyridine rings is 1. The van der Waals surface area contributed by atoms with Crippen molar-refractivity contribution >= 4 is 11.6 Å². The highest BCUT2D eigenvalue weighted by Crippen LogP contribution is 2.42. The van der Waals surface area contributed by atoms with Crippen molar-refractivity contribution < 1.29 is 9.53 Å². The van der Waals surface area contributed by atoms with Crippen LogP contribution in [-0.2, 0) is 10.2 Å². The lowest BCUT2D eigenvalue weighted by Gasteiger charge is -2.28. The van der Waals surface area contributed by atoms with Crippen molar-refractivity contribution in [3.63, 3.8) is 0 Å². The zero-order valence-electron chi connectivity index (χ0n) is 14.1. The van der Waals surface area contributed by atoms with Gasteiger partial charge < -0.3 is 10.1 Å². The van der Waals surface area contributed by atoms with Gasteiger partial charge in [-0.05, 0) is 49.1 Å². The zero-order valence-corrected chi connectivity index (χ0v) is 14.1. The van der Waals surface area contributed by atoms with E-state index in [1.807, 2.05) is 36.4 Å². The van der Waals surface area contributed by atoms with Crippen LogP contribution in [0.2, 0.25) is 0 Å². The molecule has 126 valence electrons. The molecular weight excluding hydrogens is 300 g/mol. The van der Waals surface area contributed by atoms with Gasteiger partial charge in [-0.25, -0.2) is 0 Å². The molecule has 1 fully saturated rings. The summed E-state index contributed by atoms with van der Waals surface area (Å²) >= 11 is 0. The van der Waals surface area contributed by atoms with E-state index in [2.05, 4.69) is 17.2 Å². The summed E-state index contributed by atoms with van der Waals surface area (Å²) in [5.41, 5.74) is 1.44. The monoisotopic (exact) mass is 324 g/mol. The van der Waals surface area contributed by atoms with Crippen LogP contribution >= 0.6 is 0 Å². The number of hydrogen-bond acceptors (Lipinski definition) is 3. The summed E-state index contributed by atoms with van der Waals surface area (Å²) in [6.45, 7) is 2.80. The quantitative estimate of drug-likeness (QED) is 0.861. The molecule has 0 radical (unpaired) electrons. The molecule has 1 saturated carbocycles. The van der Waals surface area contributed by atoms with Gasteiger partial charge in [0.2, 0.25) is 5.91 Å². The standard InChI is InChI=1S/C20H24N2O2/c1-2-15-24-18-7-5-16(6-8-18)20(11-3-4-12-20)19(23)22-17-9-13-21-14-10-17/h5-10,13-14H,2-4,11-12,15H2,1H3,(H,21,22,23). The smallest absolute Gasteiger partial charge is 0.235 e. The number of anilines is 1. The number of benzene rings is 1. The SMILES string of the molecule is CCCOc1ccc(C2(C(=O)Nc3ccncc3)CCCC2)cc1. The summed E-state index contributed by atoms with van der Waals surface area (Å²) in [4.78, 5) is 17.0. The Balaban J connectivity index is 1.81. The average Bonchev–Trinajstić information content (AvgIpc) is 3.12. The molecule has 1 aromatic heterocycles. The second kappa shape index (κ2) is 7.47. The van der Waals surface area contributed by atoms with Gasteiger partial charge in [0.1, 0.15) is 5.75 Å². The molecule has 0 bridgehead atoms. The minimum absolute atomic E-state index is 0.0772. The summed E-state index contributed by atoms with van der Waals surface area (Å²) in [7, 11) is 0. The molecule has 1 aliphatic carbocycles. The molecule has 0 saturated heterocycles. The van der Waals surface area contributed by atoms with E-state index < -0.39 is 5.41 Å². The van der Waals surface area contributed by atoms with Crippen molar-refractivity contribution in [2.45, 2.75) is 44.4 Å². The maximum absolute atomic E-state index is 13.0. The summed E-state index contributed by atoms with van der Waals surface area (Å²) in [5.74, 6) is 0.941. The first-order valence-electron chi connectivity index (χ1n) is 8.69. The number of aromatic nitrogens is 1. The topological polar surface area (TPSA) is 51.2 Å². The van der Waals surface area contributed by atoms with Crippen LogP contribution in [0, 0.1) is 0 Å². The molecule has 1 N–H and O–H groups in total. The van der Waals surface area contributed by atoms with E-state index >= 15 is 0 Å². The molecule has 1 heterocycles. The number of nitrogens with zero attached hydrogens (tertiary/aromatic N) is 1. The Morgan fingerprint density at radius 1 is 1.12 bits per heavy atom. The fraction of sp³-hybridized carbons (Fsp3) is 0.400. The van der Waals surface area contributed by atoms with Gasteiger partial charge in [-0.15, -0.1) is 0 Å². The minimum atomic E-state index is -0.438. The van der Waals surface area contributed by atoms with Crippen LogP contribution in [-0.4, -0.2) is 17.5 Å². The maximum atomic E-state index is 13.0. The normalized spacial score (nSPS) is 15.9. The Morgan fingerprint density at radius 3 is 2.42 bits per heavy atom. The van der Waals surface area contributed by atoms with Gasteiger partial charge in [-0.1, -0.05) is 31.9 Å². The molecule has 1 amide bonds. The maximum Gasteiger partial charge on any atom is 0.235 e. The first-order chi connectivity index (χ1) is 11.7. The van der Waals surface area contributed by atoms with Crippen LogP contribution in [0.5, 0.6) is 5.75 Å². The number of ether oxygens (including phenoxy) is 1. The molecule has 0 spiro atoms. The molecule has 24 heavy (non-hydrogen) atoms. The summed E-state index contributed by atoms with van der Waals surface area (Å²) < 4.78 is 5.65. The fourth-order valence-corrected chi connectivity index (χ4v) is 3.40. The Hall–Kier alpha value is -2.36. The van der Waals surface area contributed by atoms with E-state index in [9.17, 15) is 4.79 Å². The first kappa shape index (κ1) is 16.5. The van der Waals surface area contributed by atoms with Gasteiger partial charge in [0, 0.05) is 18.1 Å². The minimum Gasteiger partial charge on any atom is -0.494 e. The van der Waals surface area contributed by atoms with E-state index in [0.717, 1.165) is 49.1 Å². The lowest BCUT2D eigenvalue weighted by atomic mass is 9.78. The number of carbonyl (C=O) groups excluding carboxylic acids is 1. The number of amides is 1. The highest BCUT2D eigenvalue weighted by atomic mass is 16.5. The summed E-state index contributed by atoms with van der Waals surface area (Å²) in [6.07, 6.45) is 8.31. The van der Waals surface area contributed by atoms with Gasteiger partial charge in [0.05, 0.1) is 12.0 Å². The van der Waals surface area contributed by atoms with E-state index in [4.69, 9.17) is 4.74 Å². The van der Waals surface area contributed by atoms with Crippen LogP contribution in [0.1, 0.15) is 44.6 Å². The van der Waals surface area contributed by atoms with Crippen molar-refractivity contribution in [2.75, 3.05) is 11.9 Å². The number of carbonyl (C=O) groups is 1. The highest BCUT2D eigenvalue weighted by molar-refractivity contribution is 5.99. The molecule has 2 aromatic rings. The number of rotatable bonds is 6. The Labute approximate surface area is 143 Å². The van der Waals surface area contributed by atoms with Gasteiger partial charge in [0.15, 0.2) is 0 Å². The van der Waals surface area contributed by atoms with Crippen molar-refractivity contribution in [1.29, 1.82) is 0 Å². The lowest BCUT2D eigenvalue weighted by Crippen LogP contribution is -2.37. The summed E-state index contributed by atoms with van der Waals surface area (Å²) in [5, 5.41) is 3.06. The van der Waals surface area contributed by atoms with Crippen LogP contribution in [0.3, 0.4) is 0 Å². The molecule has 0 atom stereocenters. The molecule has 3 rings (SSSR count). The fourth-order valence-electron chi connectivity index (χ4n) is 3.40. The second-order valence-corrected chi connectivity index (χ2v) is 6.35. The van der Waals surface area contributed by atoms with E-state index in [-0.39, 0.29) is 5.91 Å². The predicted molar refractivity (Wildman–Crippen MR) is 95.2 cm³/mol. The molecular formula is C20H24N2O2. The van der Waals surface area contributed by atoms with Crippen LogP contribution < -0.4 is 10.1 Å². The predicted octanol–water partition coefficient (Wildman–Crippen LogP) is 4.32. The molecule has 4 nitrogen and oxygen atoms in total.